The molecule has 0 spiro atoms. The van der Waals surface area contributed by atoms with Crippen LogP contribution in [0.25, 0.3) is 0 Å². The Balaban J connectivity index is 3.90. The van der Waals surface area contributed by atoms with Crippen molar-refractivity contribution in [3.63, 3.8) is 0 Å². The Morgan fingerprint density at radius 3 is 1.24 bits per heavy atom. The van der Waals surface area contributed by atoms with Gasteiger partial charge in [-0.05, 0) is 83.5 Å². The second-order valence-corrected chi connectivity index (χ2v) is 14.5. The Morgan fingerprint density at radius 1 is 0.440 bits per heavy atom. The van der Waals surface area contributed by atoms with Crippen molar-refractivity contribution >= 4 is 11.9 Å². The molecule has 0 fully saturated rings. The molecule has 1 unspecified atom stereocenters. The Bertz CT molecular complexity index is 839. The molecular formula is C46H82O4. The largest absolute Gasteiger partial charge is 0.481 e. The van der Waals surface area contributed by atoms with Gasteiger partial charge in [-0.1, -0.05) is 178 Å². The van der Waals surface area contributed by atoms with Crippen LogP contribution >= 0.6 is 0 Å². The van der Waals surface area contributed by atoms with E-state index in [1.165, 1.54) is 128 Å². The van der Waals surface area contributed by atoms with Gasteiger partial charge < -0.3 is 9.84 Å². The van der Waals surface area contributed by atoms with E-state index in [1.807, 2.05) is 0 Å². The second kappa shape index (κ2) is 41.3. The third kappa shape index (κ3) is 40.3. The smallest absolute Gasteiger partial charge is 0.306 e. The van der Waals surface area contributed by atoms with Gasteiger partial charge in [0, 0.05) is 12.8 Å². The average molecular weight is 699 g/mol. The fourth-order valence-corrected chi connectivity index (χ4v) is 6.34. The highest BCUT2D eigenvalue weighted by Gasteiger charge is 2.14. The predicted octanol–water partition coefficient (Wildman–Crippen LogP) is 15.1. The first-order chi connectivity index (χ1) is 24.6. The molecule has 0 aromatic carbocycles. The summed E-state index contributed by atoms with van der Waals surface area (Å²) in [6, 6.07) is 0. The molecule has 4 heteroatoms. The van der Waals surface area contributed by atoms with Gasteiger partial charge in [0.05, 0.1) is 0 Å². The molecular weight excluding hydrogens is 617 g/mol. The van der Waals surface area contributed by atoms with E-state index in [0.717, 1.165) is 70.6 Å². The molecule has 0 radical (unpaired) electrons. The van der Waals surface area contributed by atoms with Crippen LogP contribution in [0.15, 0.2) is 48.6 Å². The van der Waals surface area contributed by atoms with E-state index in [1.54, 1.807) is 0 Å². The van der Waals surface area contributed by atoms with Crippen molar-refractivity contribution in [1.29, 1.82) is 0 Å². The van der Waals surface area contributed by atoms with E-state index in [4.69, 9.17) is 9.84 Å². The lowest BCUT2D eigenvalue weighted by atomic mass is 10.0. The van der Waals surface area contributed by atoms with Gasteiger partial charge in [0.1, 0.15) is 6.10 Å². The van der Waals surface area contributed by atoms with E-state index in [0.29, 0.717) is 12.8 Å². The summed E-state index contributed by atoms with van der Waals surface area (Å²) in [5.74, 6) is -0.652. The topological polar surface area (TPSA) is 63.6 Å². The van der Waals surface area contributed by atoms with E-state index in [-0.39, 0.29) is 12.1 Å². The molecule has 0 heterocycles. The Hall–Kier alpha value is -2.10. The molecule has 0 bridgehead atoms. The number of carbonyl (C=O) groups excluding carboxylic acids is 1. The van der Waals surface area contributed by atoms with Crippen molar-refractivity contribution in [2.75, 3.05) is 0 Å². The molecule has 4 nitrogen and oxygen atoms in total. The van der Waals surface area contributed by atoms with Crippen LogP contribution < -0.4 is 0 Å². The van der Waals surface area contributed by atoms with Gasteiger partial charge in [0.15, 0.2) is 0 Å². The Morgan fingerprint density at radius 2 is 0.780 bits per heavy atom. The van der Waals surface area contributed by atoms with Crippen molar-refractivity contribution in [1.82, 2.24) is 0 Å². The number of hydrogen-bond acceptors (Lipinski definition) is 3. The van der Waals surface area contributed by atoms with Crippen molar-refractivity contribution in [3.05, 3.63) is 48.6 Å². The van der Waals surface area contributed by atoms with Crippen molar-refractivity contribution in [3.8, 4) is 0 Å². The van der Waals surface area contributed by atoms with Gasteiger partial charge >= 0.3 is 11.9 Å². The molecule has 0 aliphatic heterocycles. The first kappa shape index (κ1) is 47.9. The van der Waals surface area contributed by atoms with Crippen molar-refractivity contribution in [2.24, 2.45) is 0 Å². The third-order valence-electron chi connectivity index (χ3n) is 9.55. The molecule has 0 saturated heterocycles. The highest BCUT2D eigenvalue weighted by atomic mass is 16.5. The van der Waals surface area contributed by atoms with Crippen LogP contribution in [-0.4, -0.2) is 23.1 Å². The second-order valence-electron chi connectivity index (χ2n) is 14.5. The molecule has 50 heavy (non-hydrogen) atoms. The maximum atomic E-state index is 12.7. The summed E-state index contributed by atoms with van der Waals surface area (Å²) in [6.07, 6.45) is 55.8. The van der Waals surface area contributed by atoms with Crippen LogP contribution in [0.2, 0.25) is 0 Å². The number of aliphatic carboxylic acids is 1. The summed E-state index contributed by atoms with van der Waals surface area (Å²) in [4.78, 5) is 23.2. The van der Waals surface area contributed by atoms with E-state index < -0.39 is 5.97 Å². The lowest BCUT2D eigenvalue weighted by Crippen LogP contribution is -2.18. The number of hydrogen-bond donors (Lipinski definition) is 1. The maximum Gasteiger partial charge on any atom is 0.306 e. The highest BCUT2D eigenvalue weighted by Crippen LogP contribution is 2.19. The van der Waals surface area contributed by atoms with Crippen LogP contribution in [0.1, 0.15) is 226 Å². The summed E-state index contributed by atoms with van der Waals surface area (Å²) in [6.45, 7) is 4.50. The minimum Gasteiger partial charge on any atom is -0.481 e. The molecule has 0 aromatic heterocycles. The zero-order valence-electron chi connectivity index (χ0n) is 33.2. The van der Waals surface area contributed by atoms with Crippen LogP contribution in [0.3, 0.4) is 0 Å². The molecule has 0 aliphatic rings. The Labute approximate surface area is 311 Å². The number of carboxylic acid groups (broad SMARTS) is 1. The predicted molar refractivity (Wildman–Crippen MR) is 218 cm³/mol. The van der Waals surface area contributed by atoms with Gasteiger partial charge in [0.25, 0.3) is 0 Å². The summed E-state index contributed by atoms with van der Waals surface area (Å²) < 4.78 is 6.02. The number of unbranched alkanes of at least 4 members (excludes halogenated alkanes) is 22. The third-order valence-corrected chi connectivity index (χ3v) is 9.55. The molecule has 0 rings (SSSR count). The summed E-state index contributed by atoms with van der Waals surface area (Å²) in [5.41, 5.74) is 0. The number of rotatable bonds is 39. The number of ether oxygens (including phenoxy) is 1. The van der Waals surface area contributed by atoms with Crippen molar-refractivity contribution < 1.29 is 19.4 Å². The normalized spacial score (nSPS) is 12.7. The fraction of sp³-hybridized carbons (Fsp3) is 0.783. The molecule has 0 saturated carbocycles. The molecule has 0 aliphatic carbocycles. The van der Waals surface area contributed by atoms with Gasteiger partial charge in [0.2, 0.25) is 0 Å². The lowest BCUT2D eigenvalue weighted by molar-refractivity contribution is -0.150. The molecule has 290 valence electrons. The molecule has 1 atom stereocenters. The highest BCUT2D eigenvalue weighted by molar-refractivity contribution is 5.69. The fourth-order valence-electron chi connectivity index (χ4n) is 6.34. The van der Waals surface area contributed by atoms with Crippen LogP contribution in [0.4, 0.5) is 0 Å². The van der Waals surface area contributed by atoms with E-state index in [9.17, 15) is 9.59 Å². The van der Waals surface area contributed by atoms with Gasteiger partial charge in [-0.3, -0.25) is 9.59 Å². The van der Waals surface area contributed by atoms with Gasteiger partial charge in [-0.2, -0.15) is 0 Å². The zero-order valence-corrected chi connectivity index (χ0v) is 33.2. The number of allylic oxidation sites excluding steroid dienone is 8. The van der Waals surface area contributed by atoms with Crippen molar-refractivity contribution in [2.45, 2.75) is 232 Å². The molecule has 0 aromatic rings. The van der Waals surface area contributed by atoms with E-state index in [2.05, 4.69) is 62.5 Å². The average Bonchev–Trinajstić information content (AvgIpc) is 3.10. The van der Waals surface area contributed by atoms with Crippen LogP contribution in [-0.2, 0) is 14.3 Å². The minimum absolute atomic E-state index is 0.0210. The quantitative estimate of drug-likeness (QED) is 0.0394. The van der Waals surface area contributed by atoms with Gasteiger partial charge in [-0.25, -0.2) is 0 Å². The number of carboxylic acids is 1. The molecule has 0 amide bonds. The maximum absolute atomic E-state index is 12.7. The minimum atomic E-state index is -0.673. The zero-order chi connectivity index (χ0) is 36.4. The summed E-state index contributed by atoms with van der Waals surface area (Å²) in [5, 5.41) is 8.71. The Kier molecular flexibility index (Phi) is 39.6. The summed E-state index contributed by atoms with van der Waals surface area (Å²) in [7, 11) is 0. The SMILES string of the molecule is CCCCC/C=C\C/C=C\C/C=C\C/C=C\CCCCCCCC(=O)OC(CCCCCCC)CCCCCCCCCCCCCC(=O)O. The number of esters is 1. The van der Waals surface area contributed by atoms with E-state index >= 15 is 0 Å². The first-order valence-corrected chi connectivity index (χ1v) is 21.6. The monoisotopic (exact) mass is 699 g/mol. The molecule has 1 N–H and O–H groups in total. The van der Waals surface area contributed by atoms with Crippen LogP contribution in [0, 0.1) is 0 Å². The first-order valence-electron chi connectivity index (χ1n) is 21.6. The lowest BCUT2D eigenvalue weighted by Gasteiger charge is -2.18. The van der Waals surface area contributed by atoms with Gasteiger partial charge in [-0.15, -0.1) is 0 Å². The van der Waals surface area contributed by atoms with Crippen LogP contribution in [0.5, 0.6) is 0 Å². The number of carbonyl (C=O) groups is 2. The summed E-state index contributed by atoms with van der Waals surface area (Å²) >= 11 is 0. The standard InChI is InChI=1S/C46H82O4/c1-3-5-7-9-10-11-12-13-14-15-16-17-18-19-20-21-25-28-31-35-39-43-46(49)50-44(40-36-32-8-6-4-2)41-37-33-29-26-23-22-24-27-30-34-38-42-45(47)48/h10-11,13-14,16-17,19-20,44H,3-9,12,15,18,21-43H2,1-2H3,(H,47,48)/b11-10-,14-13-,17-16-,20-19-.